The van der Waals surface area contributed by atoms with Crippen molar-refractivity contribution in [2.75, 3.05) is 5.32 Å². The number of carbonyl (C=O) groups is 2. The molecule has 0 bridgehead atoms. The van der Waals surface area contributed by atoms with E-state index in [9.17, 15) is 14.7 Å². The molecule has 26 heavy (non-hydrogen) atoms. The van der Waals surface area contributed by atoms with Gasteiger partial charge in [0.2, 0.25) is 0 Å². The van der Waals surface area contributed by atoms with Gasteiger partial charge in [0, 0.05) is 18.8 Å². The van der Waals surface area contributed by atoms with Gasteiger partial charge in [0.15, 0.2) is 5.11 Å². The van der Waals surface area contributed by atoms with Crippen LogP contribution in [0.25, 0.3) is 0 Å². The van der Waals surface area contributed by atoms with Crippen LogP contribution in [-0.2, 0) is 0 Å². The van der Waals surface area contributed by atoms with Gasteiger partial charge in [0.1, 0.15) is 0 Å². The Balaban J connectivity index is 2.25. The number of carboxylic acid groups (broad SMARTS) is 1. The zero-order valence-electron chi connectivity index (χ0n) is 12.4. The summed E-state index contributed by atoms with van der Waals surface area (Å²) in [5.74, 6) is -1.46. The van der Waals surface area contributed by atoms with Crippen molar-refractivity contribution in [2.45, 2.75) is 0 Å². The highest BCUT2D eigenvalue weighted by Gasteiger charge is 2.18. The fourth-order valence-electron chi connectivity index (χ4n) is 1.91. The van der Waals surface area contributed by atoms with E-state index in [1.165, 1.54) is 6.07 Å². The summed E-state index contributed by atoms with van der Waals surface area (Å²) in [6.07, 6.45) is 0. The summed E-state index contributed by atoms with van der Waals surface area (Å²) < 4.78 is 3.98. The molecule has 2 aromatic carbocycles. The fourth-order valence-corrected chi connectivity index (χ4v) is 6.33. The van der Waals surface area contributed by atoms with Crippen LogP contribution < -0.4 is 10.6 Å². The average molecular weight is 883 g/mol. The molecule has 11 heteroatoms. The molecule has 0 atom stereocenters. The first-order chi connectivity index (χ1) is 12.1. The molecule has 0 saturated carbocycles. The zero-order chi connectivity index (χ0) is 19.6. The molecule has 0 radical (unpaired) electrons. The second kappa shape index (κ2) is 9.93. The number of carboxylic acids is 1. The molecule has 0 aliphatic rings. The Bertz CT molecular complexity index is 940. The molecule has 3 N–H and O–H groups in total. The van der Waals surface area contributed by atoms with Gasteiger partial charge in [-0.3, -0.25) is 10.1 Å². The van der Waals surface area contributed by atoms with Crippen molar-refractivity contribution in [3.05, 3.63) is 54.1 Å². The minimum atomic E-state index is -1.08. The summed E-state index contributed by atoms with van der Waals surface area (Å²) in [5, 5.41) is 14.8. The van der Waals surface area contributed by atoms with E-state index >= 15 is 0 Å². The second-order valence-corrected chi connectivity index (χ2v) is 10.8. The molecule has 0 spiro atoms. The largest absolute Gasteiger partial charge is 0.478 e. The first-order valence-corrected chi connectivity index (χ1v) is 12.1. The Labute approximate surface area is 217 Å². The SMILES string of the molecule is O=C(NC(=S)Nc1c(I)cc(I)cc1C(=O)O)c1cc(I)cc(I)c1Br. The van der Waals surface area contributed by atoms with Crippen molar-refractivity contribution >= 4 is 141 Å². The maximum atomic E-state index is 12.5. The lowest BCUT2D eigenvalue weighted by atomic mass is 10.2. The van der Waals surface area contributed by atoms with E-state index in [0.29, 0.717) is 19.3 Å². The number of aromatic carboxylic acids is 1. The summed E-state index contributed by atoms with van der Waals surface area (Å²) in [6, 6.07) is 7.03. The van der Waals surface area contributed by atoms with Crippen molar-refractivity contribution < 1.29 is 14.7 Å². The maximum absolute atomic E-state index is 12.5. The number of benzene rings is 2. The van der Waals surface area contributed by atoms with Gasteiger partial charge in [-0.25, -0.2) is 4.79 Å². The predicted molar refractivity (Wildman–Crippen MR) is 142 cm³/mol. The molecular formula is C15H7BrI4N2O3S. The van der Waals surface area contributed by atoms with Crippen molar-refractivity contribution in [3.8, 4) is 0 Å². The highest BCUT2D eigenvalue weighted by Crippen LogP contribution is 2.27. The summed E-state index contributed by atoms with van der Waals surface area (Å²) in [5.41, 5.74) is 0.879. The van der Waals surface area contributed by atoms with Crippen LogP contribution in [-0.4, -0.2) is 22.1 Å². The van der Waals surface area contributed by atoms with Gasteiger partial charge in [-0.2, -0.15) is 0 Å². The molecule has 0 unspecified atom stereocenters. The maximum Gasteiger partial charge on any atom is 0.337 e. The molecule has 2 aromatic rings. The Morgan fingerprint density at radius 1 is 0.962 bits per heavy atom. The third-order valence-corrected chi connectivity index (χ3v) is 7.74. The number of hydrogen-bond donors (Lipinski definition) is 3. The number of amides is 1. The Kier molecular flexibility index (Phi) is 8.76. The Morgan fingerprint density at radius 3 is 2.08 bits per heavy atom. The van der Waals surface area contributed by atoms with Gasteiger partial charge in [-0.15, -0.1) is 0 Å². The van der Waals surface area contributed by atoms with Crippen LogP contribution in [0.15, 0.2) is 28.7 Å². The summed E-state index contributed by atoms with van der Waals surface area (Å²) >= 11 is 16.9. The van der Waals surface area contributed by atoms with Crippen LogP contribution in [0.5, 0.6) is 0 Å². The number of hydrogen-bond acceptors (Lipinski definition) is 3. The summed E-state index contributed by atoms with van der Waals surface area (Å²) in [6.45, 7) is 0. The van der Waals surface area contributed by atoms with E-state index < -0.39 is 5.97 Å². The Morgan fingerprint density at radius 2 is 1.50 bits per heavy atom. The lowest BCUT2D eigenvalue weighted by Crippen LogP contribution is -2.35. The van der Waals surface area contributed by atoms with E-state index in [1.807, 2.05) is 57.3 Å². The monoisotopic (exact) mass is 882 g/mol. The lowest BCUT2D eigenvalue weighted by Gasteiger charge is -2.15. The summed E-state index contributed by atoms with van der Waals surface area (Å²) in [4.78, 5) is 24.0. The van der Waals surface area contributed by atoms with Crippen LogP contribution >= 0.6 is 119 Å². The minimum Gasteiger partial charge on any atom is -0.478 e. The number of nitrogens with one attached hydrogen (secondary N) is 2. The molecule has 0 aliphatic carbocycles. The molecule has 0 fully saturated rings. The molecule has 0 saturated heterocycles. The van der Waals surface area contributed by atoms with Gasteiger partial charge >= 0.3 is 5.97 Å². The quantitative estimate of drug-likeness (QED) is 0.210. The van der Waals surface area contributed by atoms with Crippen LogP contribution in [0, 0.1) is 14.3 Å². The number of thiocarbonyl (C=S) groups is 1. The smallest absolute Gasteiger partial charge is 0.337 e. The lowest BCUT2D eigenvalue weighted by molar-refractivity contribution is 0.0697. The predicted octanol–water partition coefficient (Wildman–Crippen LogP) is 5.69. The molecular weight excluding hydrogens is 876 g/mol. The highest BCUT2D eigenvalue weighted by molar-refractivity contribution is 14.1. The molecule has 0 aromatic heterocycles. The average Bonchev–Trinajstić information content (AvgIpc) is 2.52. The highest BCUT2D eigenvalue weighted by atomic mass is 127. The van der Waals surface area contributed by atoms with Crippen LogP contribution in [0.3, 0.4) is 0 Å². The Hall–Kier alpha value is 0.670. The van der Waals surface area contributed by atoms with Crippen molar-refractivity contribution in [3.63, 3.8) is 0 Å². The van der Waals surface area contributed by atoms with Gasteiger partial charge in [0.25, 0.3) is 5.91 Å². The molecule has 5 nitrogen and oxygen atoms in total. The van der Waals surface area contributed by atoms with E-state index in [0.717, 1.165) is 10.7 Å². The van der Waals surface area contributed by atoms with Crippen LogP contribution in [0.4, 0.5) is 5.69 Å². The molecule has 0 heterocycles. The zero-order valence-corrected chi connectivity index (χ0v) is 23.4. The van der Waals surface area contributed by atoms with Gasteiger partial charge in [-0.1, -0.05) is 0 Å². The molecule has 136 valence electrons. The van der Waals surface area contributed by atoms with E-state index in [-0.39, 0.29) is 16.6 Å². The van der Waals surface area contributed by atoms with Crippen molar-refractivity contribution in [2.24, 2.45) is 0 Å². The molecule has 1 amide bonds. The third kappa shape index (κ3) is 5.84. The fraction of sp³-hybridized carbons (Fsp3) is 0. The van der Waals surface area contributed by atoms with Crippen LogP contribution in [0.2, 0.25) is 0 Å². The topological polar surface area (TPSA) is 78.4 Å². The van der Waals surface area contributed by atoms with Gasteiger partial charge in [-0.05, 0) is 143 Å². The number of rotatable bonds is 3. The van der Waals surface area contributed by atoms with Crippen molar-refractivity contribution in [1.29, 1.82) is 0 Å². The van der Waals surface area contributed by atoms with E-state index in [2.05, 4.69) is 71.7 Å². The van der Waals surface area contributed by atoms with Gasteiger partial charge in [0.05, 0.1) is 16.8 Å². The number of anilines is 1. The molecule has 0 aliphatic heterocycles. The normalized spacial score (nSPS) is 10.3. The first kappa shape index (κ1) is 23.0. The first-order valence-electron chi connectivity index (χ1n) is 6.59. The van der Waals surface area contributed by atoms with Crippen molar-refractivity contribution in [1.82, 2.24) is 5.32 Å². The third-order valence-electron chi connectivity index (χ3n) is 2.99. The van der Waals surface area contributed by atoms with Gasteiger partial charge < -0.3 is 10.4 Å². The number of carbonyl (C=O) groups excluding carboxylic acids is 1. The standard InChI is InChI=1S/C15H7BrI4N2O3S/c16-11-7(1-5(17)3-9(11)19)13(23)22-15(26)21-12-8(14(24)25)2-6(18)4-10(12)20/h1-4H,(H,24,25)(H2,21,22,23,26). The molecule has 2 rings (SSSR count). The van der Waals surface area contributed by atoms with E-state index in [1.54, 1.807) is 6.07 Å². The number of halogens is 5. The van der Waals surface area contributed by atoms with E-state index in [4.69, 9.17) is 12.2 Å². The summed E-state index contributed by atoms with van der Waals surface area (Å²) in [7, 11) is 0. The minimum absolute atomic E-state index is 0.0254. The second-order valence-electron chi connectivity index (χ2n) is 4.77. The van der Waals surface area contributed by atoms with Crippen LogP contribution in [0.1, 0.15) is 20.7 Å².